The summed E-state index contributed by atoms with van der Waals surface area (Å²) in [4.78, 5) is 27.0. The maximum absolute atomic E-state index is 14.4. The minimum Gasteiger partial charge on any atom is -0.493 e. The molecule has 2 fully saturated rings. The van der Waals surface area contributed by atoms with Crippen LogP contribution < -0.4 is 9.47 Å². The van der Waals surface area contributed by atoms with Crippen molar-refractivity contribution in [3.8, 4) is 11.5 Å². The van der Waals surface area contributed by atoms with Gasteiger partial charge >= 0.3 is 5.97 Å². The smallest absolute Gasteiger partial charge is 0.326 e. The second kappa shape index (κ2) is 7.95. The van der Waals surface area contributed by atoms with E-state index >= 15 is 0 Å². The molecule has 2 heterocycles. The van der Waals surface area contributed by atoms with Crippen molar-refractivity contribution >= 4 is 11.9 Å². The van der Waals surface area contributed by atoms with Crippen molar-refractivity contribution in [2.24, 2.45) is 5.41 Å². The van der Waals surface area contributed by atoms with Crippen molar-refractivity contribution in [2.45, 2.75) is 38.8 Å². The van der Waals surface area contributed by atoms with E-state index in [1.807, 2.05) is 0 Å². The normalized spacial score (nSPS) is 21.7. The molecule has 28 heavy (non-hydrogen) atoms. The Morgan fingerprint density at radius 1 is 1.21 bits per heavy atom. The van der Waals surface area contributed by atoms with Crippen LogP contribution in [0.25, 0.3) is 0 Å². The number of benzene rings is 1. The molecule has 1 spiro atoms. The Labute approximate surface area is 164 Å². The summed E-state index contributed by atoms with van der Waals surface area (Å²) in [7, 11) is 2.99. The number of nitrogens with zero attached hydrogens (tertiary/aromatic N) is 2. The van der Waals surface area contributed by atoms with Crippen molar-refractivity contribution in [1.82, 2.24) is 9.80 Å². The zero-order chi connectivity index (χ0) is 20.5. The summed E-state index contributed by atoms with van der Waals surface area (Å²) in [5.41, 5.74) is 0.371. The fraction of sp³-hybridized carbons (Fsp3) is 0.600. The third kappa shape index (κ3) is 3.92. The van der Waals surface area contributed by atoms with E-state index in [2.05, 4.69) is 4.90 Å². The fourth-order valence-electron chi connectivity index (χ4n) is 4.41. The van der Waals surface area contributed by atoms with E-state index in [-0.39, 0.29) is 17.1 Å². The number of rotatable bonds is 5. The molecule has 3 rings (SSSR count). The quantitative estimate of drug-likeness (QED) is 0.824. The molecule has 2 aliphatic rings. The predicted molar refractivity (Wildman–Crippen MR) is 99.9 cm³/mol. The molecule has 1 aromatic carbocycles. The van der Waals surface area contributed by atoms with Crippen molar-refractivity contribution in [2.75, 3.05) is 33.9 Å². The molecule has 0 radical (unpaired) electrons. The highest BCUT2D eigenvalue weighted by molar-refractivity contribution is 5.83. The van der Waals surface area contributed by atoms with E-state index in [0.717, 1.165) is 25.9 Å². The summed E-state index contributed by atoms with van der Waals surface area (Å²) < 4.78 is 24.8. The third-order valence-electron chi connectivity index (χ3n) is 6.06. The summed E-state index contributed by atoms with van der Waals surface area (Å²) in [6, 6.07) is 2.25. The Balaban J connectivity index is 1.66. The van der Waals surface area contributed by atoms with Crippen LogP contribution in [0.1, 0.15) is 31.7 Å². The van der Waals surface area contributed by atoms with Crippen LogP contribution >= 0.6 is 0 Å². The molecule has 1 aromatic rings. The summed E-state index contributed by atoms with van der Waals surface area (Å²) in [6.45, 7) is 3.81. The van der Waals surface area contributed by atoms with Crippen LogP contribution in [-0.4, -0.2) is 66.7 Å². The molecule has 0 unspecified atom stereocenters. The average Bonchev–Trinajstić information content (AvgIpc) is 3.05. The number of piperidine rings is 1. The summed E-state index contributed by atoms with van der Waals surface area (Å²) in [5, 5.41) is 9.45. The number of carboxylic acid groups (broad SMARTS) is 1. The van der Waals surface area contributed by atoms with Gasteiger partial charge in [0.15, 0.2) is 11.5 Å². The van der Waals surface area contributed by atoms with Crippen molar-refractivity contribution < 1.29 is 28.6 Å². The second-order valence-electron chi connectivity index (χ2n) is 7.78. The zero-order valence-electron chi connectivity index (χ0n) is 16.5. The largest absolute Gasteiger partial charge is 0.493 e. The van der Waals surface area contributed by atoms with Gasteiger partial charge in [-0.1, -0.05) is 0 Å². The first-order valence-electron chi connectivity index (χ1n) is 9.41. The number of hydrogen-bond acceptors (Lipinski definition) is 5. The van der Waals surface area contributed by atoms with Gasteiger partial charge in [0.05, 0.1) is 14.2 Å². The van der Waals surface area contributed by atoms with Gasteiger partial charge in [-0.2, -0.15) is 0 Å². The van der Waals surface area contributed by atoms with Gasteiger partial charge in [-0.05, 0) is 43.8 Å². The van der Waals surface area contributed by atoms with E-state index < -0.39 is 12.0 Å². The number of ether oxygens (including phenoxy) is 2. The van der Waals surface area contributed by atoms with E-state index in [1.165, 1.54) is 32.1 Å². The van der Waals surface area contributed by atoms with E-state index in [9.17, 15) is 19.1 Å². The molecule has 2 aliphatic heterocycles. The van der Waals surface area contributed by atoms with Crippen LogP contribution in [0.4, 0.5) is 4.39 Å². The first-order valence-corrected chi connectivity index (χ1v) is 9.41. The Hall–Kier alpha value is -2.35. The minimum atomic E-state index is -0.943. The Morgan fingerprint density at radius 2 is 1.82 bits per heavy atom. The molecular formula is C20H27FN2O5. The van der Waals surface area contributed by atoms with Gasteiger partial charge in [-0.25, -0.2) is 9.18 Å². The van der Waals surface area contributed by atoms with Crippen LogP contribution in [-0.2, 0) is 16.1 Å². The lowest BCUT2D eigenvalue weighted by Crippen LogP contribution is -2.42. The average molecular weight is 394 g/mol. The number of carbonyl (C=O) groups excluding carboxylic acids is 1. The molecule has 1 N–H and O–H groups in total. The topological polar surface area (TPSA) is 79.3 Å². The van der Waals surface area contributed by atoms with Gasteiger partial charge in [-0.15, -0.1) is 0 Å². The van der Waals surface area contributed by atoms with Crippen LogP contribution in [0.3, 0.4) is 0 Å². The van der Waals surface area contributed by atoms with Gasteiger partial charge in [0.2, 0.25) is 5.91 Å². The predicted octanol–water partition coefficient (Wildman–Crippen LogP) is 2.13. The maximum Gasteiger partial charge on any atom is 0.326 e. The Bertz CT molecular complexity index is 737. The van der Waals surface area contributed by atoms with Crippen LogP contribution in [0, 0.1) is 11.2 Å². The molecule has 8 heteroatoms. The Morgan fingerprint density at radius 3 is 2.32 bits per heavy atom. The molecule has 0 aliphatic carbocycles. The monoisotopic (exact) mass is 394 g/mol. The van der Waals surface area contributed by atoms with Gasteiger partial charge in [0.25, 0.3) is 0 Å². The van der Waals surface area contributed by atoms with Crippen molar-refractivity contribution in [3.05, 3.63) is 23.5 Å². The molecule has 2 saturated heterocycles. The molecule has 154 valence electrons. The number of amides is 1. The third-order valence-corrected chi connectivity index (χ3v) is 6.06. The van der Waals surface area contributed by atoms with Gasteiger partial charge in [0, 0.05) is 31.6 Å². The van der Waals surface area contributed by atoms with Crippen LogP contribution in [0.15, 0.2) is 12.1 Å². The summed E-state index contributed by atoms with van der Waals surface area (Å²) in [5.74, 6) is -0.630. The number of likely N-dealkylation sites (tertiary alicyclic amines) is 2. The molecule has 0 saturated carbocycles. The number of halogens is 1. The maximum atomic E-state index is 14.4. The standard InChI is InChI=1S/C20H27FN2O5/c1-13(24)23-12-20(10-16(23)19(25)26)4-6-22(7-5-20)11-14-8-17(27-2)18(28-3)9-15(14)21/h8-9,16H,4-7,10-12H2,1-3H3,(H,25,26)/t16-/m0/s1. The van der Waals surface area contributed by atoms with Crippen LogP contribution in [0.5, 0.6) is 11.5 Å². The lowest BCUT2D eigenvalue weighted by Gasteiger charge is -2.39. The second-order valence-corrected chi connectivity index (χ2v) is 7.78. The fourth-order valence-corrected chi connectivity index (χ4v) is 4.41. The molecule has 1 atom stereocenters. The van der Waals surface area contributed by atoms with E-state index in [0.29, 0.717) is 36.6 Å². The highest BCUT2D eigenvalue weighted by atomic mass is 19.1. The summed E-state index contributed by atoms with van der Waals surface area (Å²) >= 11 is 0. The van der Waals surface area contributed by atoms with Crippen molar-refractivity contribution in [3.63, 3.8) is 0 Å². The van der Waals surface area contributed by atoms with Crippen LogP contribution in [0.2, 0.25) is 0 Å². The number of methoxy groups -OCH3 is 2. The molecule has 1 amide bonds. The van der Waals surface area contributed by atoms with Gasteiger partial charge in [0.1, 0.15) is 11.9 Å². The number of aliphatic carboxylic acids is 1. The lowest BCUT2D eigenvalue weighted by atomic mass is 9.76. The number of carbonyl (C=O) groups is 2. The molecular weight excluding hydrogens is 367 g/mol. The molecule has 7 nitrogen and oxygen atoms in total. The minimum absolute atomic E-state index is 0.165. The summed E-state index contributed by atoms with van der Waals surface area (Å²) in [6.07, 6.45) is 2.06. The van der Waals surface area contributed by atoms with E-state index in [4.69, 9.17) is 9.47 Å². The molecule has 0 aromatic heterocycles. The highest BCUT2D eigenvalue weighted by Crippen LogP contribution is 2.44. The first-order chi connectivity index (χ1) is 13.3. The lowest BCUT2D eigenvalue weighted by molar-refractivity contribution is -0.147. The first kappa shape index (κ1) is 20.4. The number of carboxylic acids is 1. The molecule has 0 bridgehead atoms. The van der Waals surface area contributed by atoms with Gasteiger partial charge in [-0.3, -0.25) is 9.69 Å². The van der Waals surface area contributed by atoms with Crippen molar-refractivity contribution in [1.29, 1.82) is 0 Å². The SMILES string of the molecule is COc1cc(F)c(CN2CCC3(CC2)C[C@@H](C(=O)O)N(C(C)=O)C3)cc1OC. The van der Waals surface area contributed by atoms with Gasteiger partial charge < -0.3 is 19.5 Å². The number of hydrogen-bond donors (Lipinski definition) is 1. The highest BCUT2D eigenvalue weighted by Gasteiger charge is 2.49. The Kier molecular flexibility index (Phi) is 5.79. The zero-order valence-corrected chi connectivity index (χ0v) is 16.5. The van der Waals surface area contributed by atoms with E-state index in [1.54, 1.807) is 6.07 Å².